The van der Waals surface area contributed by atoms with E-state index in [4.69, 9.17) is 4.74 Å². The minimum absolute atomic E-state index is 0.0854. The number of nitro groups is 1. The number of hydrogen-bond donors (Lipinski definition) is 0. The Bertz CT molecular complexity index is 821. The van der Waals surface area contributed by atoms with Gasteiger partial charge in [0.1, 0.15) is 5.75 Å². The zero-order valence-electron chi connectivity index (χ0n) is 11.2. The van der Waals surface area contributed by atoms with Gasteiger partial charge in [-0.3, -0.25) is 19.7 Å². The molecule has 0 N–H and O–H groups in total. The molecule has 0 spiro atoms. The Kier molecular flexibility index (Phi) is 3.27. The van der Waals surface area contributed by atoms with Crippen LogP contribution >= 0.6 is 0 Å². The molecule has 6 nitrogen and oxygen atoms in total. The highest BCUT2D eigenvalue weighted by molar-refractivity contribution is 6.23. The number of ether oxygens (including phenoxy) is 1. The molecular formula is C16H9NO5. The molecule has 0 fully saturated rings. The van der Waals surface area contributed by atoms with Crippen LogP contribution in [0.25, 0.3) is 0 Å². The maximum atomic E-state index is 12.3. The zero-order valence-corrected chi connectivity index (χ0v) is 11.2. The van der Waals surface area contributed by atoms with Gasteiger partial charge in [-0.25, -0.2) is 0 Å². The van der Waals surface area contributed by atoms with E-state index in [9.17, 15) is 19.7 Å². The molecule has 0 bridgehead atoms. The lowest BCUT2D eigenvalue weighted by atomic mass is 9.94. The van der Waals surface area contributed by atoms with E-state index in [1.54, 1.807) is 24.3 Å². The second-order valence-electron chi connectivity index (χ2n) is 4.60. The van der Waals surface area contributed by atoms with Crippen LogP contribution in [-0.2, 0) is 0 Å². The van der Waals surface area contributed by atoms with E-state index < -0.39 is 10.7 Å². The van der Waals surface area contributed by atoms with Crippen molar-refractivity contribution in [3.63, 3.8) is 0 Å². The van der Waals surface area contributed by atoms with Gasteiger partial charge in [0.25, 0.3) is 5.69 Å². The maximum absolute atomic E-state index is 12.3. The summed E-state index contributed by atoms with van der Waals surface area (Å²) in [6.45, 7) is 0. The second kappa shape index (κ2) is 5.25. The fourth-order valence-corrected chi connectivity index (χ4v) is 2.13. The highest BCUT2D eigenvalue weighted by atomic mass is 16.6. The number of carbonyl (C=O) groups is 2. The first-order valence-corrected chi connectivity index (χ1v) is 6.38. The largest absolute Gasteiger partial charge is 0.453 e. The predicted octanol–water partition coefficient (Wildman–Crippen LogP) is 2.94. The molecule has 0 atom stereocenters. The van der Waals surface area contributed by atoms with E-state index in [2.05, 4.69) is 0 Å². The molecule has 108 valence electrons. The van der Waals surface area contributed by atoms with E-state index in [1.807, 2.05) is 0 Å². The fourth-order valence-electron chi connectivity index (χ4n) is 2.13. The minimum Gasteiger partial charge on any atom is -0.453 e. The first kappa shape index (κ1) is 13.7. The quantitative estimate of drug-likeness (QED) is 0.641. The molecule has 0 saturated carbocycles. The van der Waals surface area contributed by atoms with Crippen molar-refractivity contribution in [1.29, 1.82) is 0 Å². The van der Waals surface area contributed by atoms with Gasteiger partial charge < -0.3 is 4.74 Å². The van der Waals surface area contributed by atoms with E-state index in [-0.39, 0.29) is 28.5 Å². The van der Waals surface area contributed by atoms with Crippen molar-refractivity contribution >= 4 is 17.3 Å². The first-order chi connectivity index (χ1) is 10.6. The minimum atomic E-state index is -0.533. The molecule has 1 aliphatic carbocycles. The lowest BCUT2D eigenvalue weighted by Crippen LogP contribution is -2.20. The van der Waals surface area contributed by atoms with Crippen LogP contribution in [-0.4, -0.2) is 16.5 Å². The van der Waals surface area contributed by atoms with Crippen molar-refractivity contribution in [2.24, 2.45) is 0 Å². The molecule has 0 unspecified atom stereocenters. The van der Waals surface area contributed by atoms with Crippen LogP contribution in [0.3, 0.4) is 0 Å². The molecule has 0 saturated heterocycles. The summed E-state index contributed by atoms with van der Waals surface area (Å²) < 4.78 is 5.40. The van der Waals surface area contributed by atoms with Crippen molar-refractivity contribution in [2.75, 3.05) is 0 Å². The van der Waals surface area contributed by atoms with Gasteiger partial charge in [-0.1, -0.05) is 24.3 Å². The van der Waals surface area contributed by atoms with Gasteiger partial charge >= 0.3 is 0 Å². The van der Waals surface area contributed by atoms with E-state index in [0.717, 1.165) is 6.08 Å². The molecule has 2 aromatic rings. The van der Waals surface area contributed by atoms with Gasteiger partial charge in [-0.05, 0) is 12.1 Å². The van der Waals surface area contributed by atoms with Crippen molar-refractivity contribution in [2.45, 2.75) is 0 Å². The normalized spacial score (nSPS) is 13.4. The summed E-state index contributed by atoms with van der Waals surface area (Å²) in [6, 6.07) is 11.8. The number of rotatable bonds is 3. The number of hydrogen-bond acceptors (Lipinski definition) is 5. The molecule has 0 aromatic heterocycles. The fraction of sp³-hybridized carbons (Fsp3) is 0. The van der Waals surface area contributed by atoms with Gasteiger partial charge in [-0.2, -0.15) is 0 Å². The Balaban J connectivity index is 1.89. The smallest absolute Gasteiger partial charge is 0.269 e. The average Bonchev–Trinajstić information content (AvgIpc) is 2.53. The lowest BCUT2D eigenvalue weighted by molar-refractivity contribution is -0.384. The number of benzene rings is 2. The molecule has 6 heteroatoms. The third-order valence-corrected chi connectivity index (χ3v) is 3.20. The van der Waals surface area contributed by atoms with Gasteiger partial charge in [0.2, 0.25) is 5.78 Å². The standard InChI is InChI=1S/C16H9NO5/c18-14-9-15(16(19)13-4-2-1-3-12(13)14)22-11-7-5-10(6-8-11)17(20)21/h1-9H. The van der Waals surface area contributed by atoms with Crippen LogP contribution in [0.15, 0.2) is 60.4 Å². The molecule has 2 aromatic carbocycles. The molecule has 22 heavy (non-hydrogen) atoms. The Morgan fingerprint density at radius 3 is 2.18 bits per heavy atom. The number of non-ortho nitro benzene ring substituents is 1. The highest BCUT2D eigenvalue weighted by Gasteiger charge is 2.26. The number of carbonyl (C=O) groups excluding carboxylic acids is 2. The van der Waals surface area contributed by atoms with Gasteiger partial charge in [0.15, 0.2) is 11.5 Å². The Hall–Kier alpha value is -3.28. The summed E-state index contributed by atoms with van der Waals surface area (Å²) in [5.41, 5.74) is 0.535. The summed E-state index contributed by atoms with van der Waals surface area (Å²) >= 11 is 0. The van der Waals surface area contributed by atoms with Crippen molar-refractivity contribution in [3.8, 4) is 5.75 Å². The Morgan fingerprint density at radius 1 is 0.909 bits per heavy atom. The van der Waals surface area contributed by atoms with E-state index in [0.29, 0.717) is 5.56 Å². The van der Waals surface area contributed by atoms with Crippen molar-refractivity contribution in [1.82, 2.24) is 0 Å². The van der Waals surface area contributed by atoms with Crippen LogP contribution in [0.1, 0.15) is 20.7 Å². The summed E-state index contributed by atoms with van der Waals surface area (Å²) in [6.07, 6.45) is 1.13. The number of nitro benzene ring substituents is 1. The van der Waals surface area contributed by atoms with Gasteiger partial charge in [-0.15, -0.1) is 0 Å². The summed E-state index contributed by atoms with van der Waals surface area (Å²) in [5.74, 6) is -0.560. The van der Waals surface area contributed by atoms with Gasteiger partial charge in [0.05, 0.1) is 4.92 Å². The lowest BCUT2D eigenvalue weighted by Gasteiger charge is -2.15. The number of allylic oxidation sites excluding steroid dienone is 2. The second-order valence-corrected chi connectivity index (χ2v) is 4.60. The van der Waals surface area contributed by atoms with Crippen LogP contribution in [0.2, 0.25) is 0 Å². The summed E-state index contributed by atoms with van der Waals surface area (Å²) in [4.78, 5) is 34.3. The summed E-state index contributed by atoms with van der Waals surface area (Å²) in [7, 11) is 0. The SMILES string of the molecule is O=C1C=C(Oc2ccc([N+](=O)[O-])cc2)C(=O)c2ccccc21. The molecule has 0 aliphatic heterocycles. The number of ketones is 2. The van der Waals surface area contributed by atoms with Crippen molar-refractivity contribution in [3.05, 3.63) is 81.6 Å². The third-order valence-electron chi connectivity index (χ3n) is 3.20. The number of fused-ring (bicyclic) bond motifs is 1. The average molecular weight is 295 g/mol. The zero-order chi connectivity index (χ0) is 15.7. The molecule has 0 amide bonds. The van der Waals surface area contributed by atoms with Crippen LogP contribution in [0.4, 0.5) is 5.69 Å². The van der Waals surface area contributed by atoms with Crippen LogP contribution in [0, 0.1) is 10.1 Å². The maximum Gasteiger partial charge on any atom is 0.269 e. The molecular weight excluding hydrogens is 286 g/mol. The topological polar surface area (TPSA) is 86.5 Å². The van der Waals surface area contributed by atoms with Crippen LogP contribution < -0.4 is 4.74 Å². The highest BCUT2D eigenvalue weighted by Crippen LogP contribution is 2.25. The van der Waals surface area contributed by atoms with Crippen LogP contribution in [0.5, 0.6) is 5.75 Å². The number of Topliss-reactive ketones (excluding diaryl/α,β-unsaturated/α-hetero) is 1. The Morgan fingerprint density at radius 2 is 1.55 bits per heavy atom. The van der Waals surface area contributed by atoms with E-state index in [1.165, 1.54) is 24.3 Å². The molecule has 1 aliphatic rings. The Labute approximate surface area is 124 Å². The predicted molar refractivity (Wildman–Crippen MR) is 76.9 cm³/mol. The number of nitrogens with zero attached hydrogens (tertiary/aromatic N) is 1. The van der Waals surface area contributed by atoms with E-state index >= 15 is 0 Å². The monoisotopic (exact) mass is 295 g/mol. The summed E-state index contributed by atoms with van der Waals surface area (Å²) in [5, 5.41) is 10.6. The van der Waals surface area contributed by atoms with Gasteiger partial charge in [0, 0.05) is 29.3 Å². The van der Waals surface area contributed by atoms with Crippen molar-refractivity contribution < 1.29 is 19.2 Å². The third kappa shape index (κ3) is 2.37. The molecule has 0 radical (unpaired) electrons. The first-order valence-electron chi connectivity index (χ1n) is 6.38. The molecule has 0 heterocycles. The molecule has 3 rings (SSSR count).